The highest BCUT2D eigenvalue weighted by Gasteiger charge is 2.08. The fraction of sp³-hybridized carbons (Fsp3) is 0.333. The van der Waals surface area contributed by atoms with Crippen molar-refractivity contribution in [1.29, 1.82) is 0 Å². The van der Waals surface area contributed by atoms with E-state index in [0.717, 1.165) is 0 Å². The molecule has 0 heterocycles. The van der Waals surface area contributed by atoms with E-state index in [1.807, 2.05) is 0 Å². The maximum atomic E-state index is 11.6. The summed E-state index contributed by atoms with van der Waals surface area (Å²) in [4.78, 5) is 11.6. The molecular formula is C12H16BrN3O4. The van der Waals surface area contributed by atoms with Gasteiger partial charge in [-0.3, -0.25) is 4.79 Å². The average molecular weight is 346 g/mol. The molecule has 1 rings (SSSR count). The van der Waals surface area contributed by atoms with Crippen molar-refractivity contribution >= 4 is 33.4 Å². The smallest absolute Gasteiger partial charge is 0.250 e. The lowest BCUT2D eigenvalue weighted by Crippen LogP contribution is -2.20. The monoisotopic (exact) mass is 345 g/mol. The van der Waals surface area contributed by atoms with Crippen LogP contribution in [0.3, 0.4) is 0 Å². The molecule has 0 fully saturated rings. The van der Waals surface area contributed by atoms with Crippen molar-refractivity contribution < 1.29 is 19.5 Å². The highest BCUT2D eigenvalue weighted by Crippen LogP contribution is 2.23. The minimum Gasteiger partial charge on any atom is -0.409 e. The second-order valence-corrected chi connectivity index (χ2v) is 4.63. The Kier molecular flexibility index (Phi) is 6.99. The molecule has 110 valence electrons. The highest BCUT2D eigenvalue weighted by molar-refractivity contribution is 9.10. The van der Waals surface area contributed by atoms with Crippen LogP contribution in [-0.2, 0) is 14.3 Å². The summed E-state index contributed by atoms with van der Waals surface area (Å²) >= 11 is 3.30. The maximum absolute atomic E-state index is 11.6. The molecule has 1 aromatic carbocycles. The molecule has 7 nitrogen and oxygen atoms in total. The third-order valence-corrected chi connectivity index (χ3v) is 2.97. The van der Waals surface area contributed by atoms with Crippen LogP contribution in [0, 0.1) is 0 Å². The number of amidine groups is 1. The molecule has 0 saturated carbocycles. The number of carbonyl (C=O) groups is 1. The first-order valence-corrected chi connectivity index (χ1v) is 6.51. The molecular weight excluding hydrogens is 330 g/mol. The van der Waals surface area contributed by atoms with Crippen LogP contribution in [0.4, 0.5) is 5.69 Å². The van der Waals surface area contributed by atoms with Gasteiger partial charge in [0.1, 0.15) is 6.61 Å². The van der Waals surface area contributed by atoms with Crippen LogP contribution in [0.15, 0.2) is 27.8 Å². The van der Waals surface area contributed by atoms with Gasteiger partial charge < -0.3 is 25.7 Å². The number of ether oxygens (including phenoxy) is 2. The molecule has 1 aromatic rings. The third-order valence-electron chi connectivity index (χ3n) is 2.31. The van der Waals surface area contributed by atoms with Gasteiger partial charge in [-0.2, -0.15) is 0 Å². The van der Waals surface area contributed by atoms with Crippen molar-refractivity contribution in [3.63, 3.8) is 0 Å². The van der Waals surface area contributed by atoms with Gasteiger partial charge in [0, 0.05) is 17.1 Å². The molecule has 0 aliphatic heterocycles. The fourth-order valence-electron chi connectivity index (χ4n) is 1.33. The van der Waals surface area contributed by atoms with Crippen LogP contribution in [0.1, 0.15) is 5.56 Å². The Labute approximate surface area is 124 Å². The summed E-state index contributed by atoms with van der Waals surface area (Å²) in [5, 5.41) is 14.2. The Hall–Kier alpha value is -1.64. The number of nitrogens with one attached hydrogen (secondary N) is 1. The molecule has 1 amide bonds. The van der Waals surface area contributed by atoms with Crippen molar-refractivity contribution in [2.45, 2.75) is 0 Å². The van der Waals surface area contributed by atoms with Crippen LogP contribution in [0.2, 0.25) is 0 Å². The van der Waals surface area contributed by atoms with Crippen molar-refractivity contribution in [2.75, 3.05) is 32.2 Å². The number of anilines is 1. The summed E-state index contributed by atoms with van der Waals surface area (Å²) in [6, 6.07) is 4.90. The minimum atomic E-state index is -0.279. The number of rotatable bonds is 7. The van der Waals surface area contributed by atoms with E-state index < -0.39 is 0 Å². The second kappa shape index (κ2) is 8.51. The number of oxime groups is 1. The number of carbonyl (C=O) groups excluding carboxylic acids is 1. The standard InChI is InChI=1S/C12H16BrN3O4/c1-19-4-5-20-7-11(17)15-10-3-2-8(6-9(10)13)12(14)16-18/h2-3,6,18H,4-5,7H2,1H3,(H2,14,16)(H,15,17). The third kappa shape index (κ3) is 5.16. The van der Waals surface area contributed by atoms with Gasteiger partial charge in [-0.1, -0.05) is 5.16 Å². The van der Waals surface area contributed by atoms with Crippen LogP contribution in [0.25, 0.3) is 0 Å². The molecule has 0 aliphatic rings. The summed E-state index contributed by atoms with van der Waals surface area (Å²) in [7, 11) is 1.56. The zero-order valence-electron chi connectivity index (χ0n) is 10.9. The highest BCUT2D eigenvalue weighted by atomic mass is 79.9. The van der Waals surface area contributed by atoms with Gasteiger partial charge >= 0.3 is 0 Å². The molecule has 4 N–H and O–H groups in total. The van der Waals surface area contributed by atoms with Crippen LogP contribution in [-0.4, -0.2) is 43.9 Å². The lowest BCUT2D eigenvalue weighted by molar-refractivity contribution is -0.121. The van der Waals surface area contributed by atoms with Gasteiger partial charge in [-0.15, -0.1) is 0 Å². The zero-order valence-corrected chi connectivity index (χ0v) is 12.5. The average Bonchev–Trinajstić information content (AvgIpc) is 2.45. The first-order chi connectivity index (χ1) is 9.58. The van der Waals surface area contributed by atoms with E-state index >= 15 is 0 Å². The Morgan fingerprint density at radius 2 is 2.25 bits per heavy atom. The molecule has 0 aliphatic carbocycles. The summed E-state index contributed by atoms with van der Waals surface area (Å²) in [6.45, 7) is 0.733. The van der Waals surface area contributed by atoms with E-state index in [1.54, 1.807) is 25.3 Å². The fourth-order valence-corrected chi connectivity index (χ4v) is 1.80. The number of methoxy groups -OCH3 is 1. The van der Waals surface area contributed by atoms with Crippen molar-refractivity contribution in [1.82, 2.24) is 0 Å². The predicted octanol–water partition coefficient (Wildman–Crippen LogP) is 1.15. The molecule has 0 saturated heterocycles. The number of hydrogen-bond donors (Lipinski definition) is 3. The largest absolute Gasteiger partial charge is 0.409 e. The van der Waals surface area contributed by atoms with E-state index in [1.165, 1.54) is 0 Å². The van der Waals surface area contributed by atoms with E-state index in [4.69, 9.17) is 20.4 Å². The maximum Gasteiger partial charge on any atom is 0.250 e. The predicted molar refractivity (Wildman–Crippen MR) is 78.0 cm³/mol. The summed E-state index contributed by atoms with van der Waals surface area (Å²) in [6.07, 6.45) is 0. The molecule has 0 bridgehead atoms. The van der Waals surface area contributed by atoms with Crippen molar-refractivity contribution in [3.8, 4) is 0 Å². The zero-order chi connectivity index (χ0) is 15.0. The SMILES string of the molecule is COCCOCC(=O)Nc1ccc(/C(N)=N/O)cc1Br. The number of nitrogens with two attached hydrogens (primary N) is 1. The Morgan fingerprint density at radius 1 is 1.50 bits per heavy atom. The Balaban J connectivity index is 2.58. The summed E-state index contributed by atoms with van der Waals surface area (Å²) in [5.41, 5.74) is 6.57. The number of hydrogen-bond acceptors (Lipinski definition) is 5. The second-order valence-electron chi connectivity index (χ2n) is 3.77. The van der Waals surface area contributed by atoms with Gasteiger partial charge in [0.05, 0.1) is 18.9 Å². The van der Waals surface area contributed by atoms with Gasteiger partial charge in [-0.05, 0) is 34.1 Å². The van der Waals surface area contributed by atoms with E-state index in [0.29, 0.717) is 28.9 Å². The molecule has 20 heavy (non-hydrogen) atoms. The van der Waals surface area contributed by atoms with Crippen LogP contribution >= 0.6 is 15.9 Å². The molecule has 0 aromatic heterocycles. The van der Waals surface area contributed by atoms with E-state index in [9.17, 15) is 4.79 Å². The molecule has 0 atom stereocenters. The van der Waals surface area contributed by atoms with Gasteiger partial charge in [0.25, 0.3) is 0 Å². The minimum absolute atomic E-state index is 0.00789. The van der Waals surface area contributed by atoms with Crippen LogP contribution < -0.4 is 11.1 Å². The first-order valence-electron chi connectivity index (χ1n) is 5.72. The summed E-state index contributed by atoms with van der Waals surface area (Å²) < 4.78 is 10.5. The Morgan fingerprint density at radius 3 is 2.85 bits per heavy atom. The quantitative estimate of drug-likeness (QED) is 0.226. The van der Waals surface area contributed by atoms with Gasteiger partial charge in [0.2, 0.25) is 5.91 Å². The molecule has 8 heteroatoms. The molecule has 0 spiro atoms. The van der Waals surface area contributed by atoms with E-state index in [2.05, 4.69) is 26.4 Å². The van der Waals surface area contributed by atoms with Gasteiger partial charge in [-0.25, -0.2) is 0 Å². The Bertz CT molecular complexity index is 494. The lowest BCUT2D eigenvalue weighted by Gasteiger charge is -2.09. The molecule has 0 radical (unpaired) electrons. The number of benzene rings is 1. The molecule has 0 unspecified atom stereocenters. The number of amides is 1. The van der Waals surface area contributed by atoms with Crippen molar-refractivity contribution in [3.05, 3.63) is 28.2 Å². The van der Waals surface area contributed by atoms with Gasteiger partial charge in [0.15, 0.2) is 5.84 Å². The number of halogens is 1. The first kappa shape index (κ1) is 16.4. The van der Waals surface area contributed by atoms with E-state index in [-0.39, 0.29) is 18.3 Å². The lowest BCUT2D eigenvalue weighted by atomic mass is 10.2. The van der Waals surface area contributed by atoms with Crippen molar-refractivity contribution in [2.24, 2.45) is 10.9 Å². The number of nitrogens with zero attached hydrogens (tertiary/aromatic N) is 1. The van der Waals surface area contributed by atoms with Crippen LogP contribution in [0.5, 0.6) is 0 Å². The normalized spacial score (nSPS) is 11.4. The summed E-state index contributed by atoms with van der Waals surface area (Å²) in [5.74, 6) is -0.287. The topological polar surface area (TPSA) is 106 Å².